The molecule has 0 aliphatic rings. The van der Waals surface area contributed by atoms with Crippen molar-refractivity contribution in [3.05, 3.63) is 41.7 Å². The van der Waals surface area contributed by atoms with E-state index in [2.05, 4.69) is 15.4 Å². The lowest BCUT2D eigenvalue weighted by Crippen LogP contribution is -2.50. The van der Waals surface area contributed by atoms with E-state index in [4.69, 9.17) is 0 Å². The normalized spacial score (nSPS) is 11.8. The molecule has 23 heavy (non-hydrogen) atoms. The first-order valence-electron chi connectivity index (χ1n) is 7.35. The van der Waals surface area contributed by atoms with Crippen LogP contribution in [0.1, 0.15) is 30.3 Å². The molecule has 0 saturated heterocycles. The Morgan fingerprint density at radius 2 is 1.91 bits per heavy atom. The van der Waals surface area contributed by atoms with Crippen LogP contribution in [0.3, 0.4) is 0 Å². The van der Waals surface area contributed by atoms with Gasteiger partial charge in [-0.15, -0.1) is 5.10 Å². The van der Waals surface area contributed by atoms with Crippen molar-refractivity contribution in [2.75, 3.05) is 20.6 Å². The number of hydrogen-bond donors (Lipinski definition) is 1. The fourth-order valence-corrected chi connectivity index (χ4v) is 2.51. The lowest BCUT2D eigenvalue weighted by molar-refractivity contribution is 0.0889. The van der Waals surface area contributed by atoms with Gasteiger partial charge in [0.2, 0.25) is 5.82 Å². The second kappa shape index (κ2) is 6.45. The summed E-state index contributed by atoms with van der Waals surface area (Å²) in [5.41, 5.74) is 0.249. The Morgan fingerprint density at radius 3 is 2.48 bits per heavy atom. The first-order chi connectivity index (χ1) is 10.7. The smallest absolute Gasteiger partial charge is 0.291 e. The number of nitrogens with zero attached hydrogens (tertiary/aromatic N) is 4. The third-order valence-corrected chi connectivity index (χ3v) is 3.21. The second-order valence-electron chi connectivity index (χ2n) is 6.45. The minimum absolute atomic E-state index is 0.0960. The maximum atomic E-state index is 13.0. The minimum Gasteiger partial charge on any atom is -0.343 e. The molecule has 1 heterocycles. The Labute approximate surface area is 135 Å². The van der Waals surface area contributed by atoms with E-state index in [-0.39, 0.29) is 17.5 Å². The van der Waals surface area contributed by atoms with Gasteiger partial charge in [0.25, 0.3) is 5.91 Å². The molecular weight excluding hydrogens is 297 g/mol. The summed E-state index contributed by atoms with van der Waals surface area (Å²) in [6.07, 6.45) is 0. The molecule has 2 aromatic rings. The third-order valence-electron chi connectivity index (χ3n) is 3.21. The highest BCUT2D eigenvalue weighted by Gasteiger charge is 2.24. The zero-order valence-corrected chi connectivity index (χ0v) is 14.1. The number of rotatable bonds is 5. The predicted octanol–water partition coefficient (Wildman–Crippen LogP) is 1.78. The van der Waals surface area contributed by atoms with Crippen LogP contribution < -0.4 is 5.32 Å². The summed E-state index contributed by atoms with van der Waals surface area (Å²) >= 11 is 0. The molecule has 0 saturated carbocycles. The van der Waals surface area contributed by atoms with Gasteiger partial charge in [0, 0.05) is 12.1 Å². The Balaban J connectivity index is 2.20. The molecule has 0 bridgehead atoms. The molecule has 7 heteroatoms. The Kier molecular flexibility index (Phi) is 4.79. The number of likely N-dealkylation sites (N-methyl/N-ethyl adjacent to an activating group) is 1. The van der Waals surface area contributed by atoms with Crippen LogP contribution in [0.4, 0.5) is 4.39 Å². The van der Waals surface area contributed by atoms with Crippen LogP contribution in [0, 0.1) is 12.7 Å². The van der Waals surface area contributed by atoms with Crippen molar-refractivity contribution in [2.45, 2.75) is 26.3 Å². The molecule has 1 aromatic heterocycles. The van der Waals surface area contributed by atoms with Crippen LogP contribution in [0.25, 0.3) is 5.69 Å². The van der Waals surface area contributed by atoms with E-state index in [9.17, 15) is 9.18 Å². The molecule has 0 unspecified atom stereocenters. The van der Waals surface area contributed by atoms with Crippen LogP contribution in [0.5, 0.6) is 0 Å². The lowest BCUT2D eigenvalue weighted by Gasteiger charge is -2.28. The summed E-state index contributed by atoms with van der Waals surface area (Å²) in [5.74, 6) is 0.00145. The first-order valence-corrected chi connectivity index (χ1v) is 7.35. The molecule has 0 fully saturated rings. The first kappa shape index (κ1) is 17.1. The fraction of sp³-hybridized carbons (Fsp3) is 0.438. The highest BCUT2D eigenvalue weighted by atomic mass is 19.1. The summed E-state index contributed by atoms with van der Waals surface area (Å²) < 4.78 is 14.5. The fourth-order valence-electron chi connectivity index (χ4n) is 2.51. The molecule has 0 atom stereocenters. The second-order valence-corrected chi connectivity index (χ2v) is 6.45. The quantitative estimate of drug-likeness (QED) is 0.912. The van der Waals surface area contributed by atoms with Gasteiger partial charge in [-0.3, -0.25) is 4.79 Å². The Hall–Kier alpha value is -2.28. The third kappa shape index (κ3) is 4.35. The van der Waals surface area contributed by atoms with Gasteiger partial charge in [0.05, 0.1) is 5.69 Å². The summed E-state index contributed by atoms with van der Waals surface area (Å²) in [4.78, 5) is 18.6. The van der Waals surface area contributed by atoms with E-state index in [0.29, 0.717) is 18.1 Å². The van der Waals surface area contributed by atoms with Gasteiger partial charge in [-0.2, -0.15) is 0 Å². The zero-order chi connectivity index (χ0) is 17.2. The van der Waals surface area contributed by atoms with E-state index >= 15 is 0 Å². The average molecular weight is 319 g/mol. The zero-order valence-electron chi connectivity index (χ0n) is 14.1. The van der Waals surface area contributed by atoms with Gasteiger partial charge >= 0.3 is 0 Å². The maximum Gasteiger partial charge on any atom is 0.291 e. The van der Waals surface area contributed by atoms with Crippen LogP contribution >= 0.6 is 0 Å². The topological polar surface area (TPSA) is 63.1 Å². The van der Waals surface area contributed by atoms with E-state index in [0.717, 1.165) is 0 Å². The molecule has 1 N–H and O–H groups in total. The maximum absolute atomic E-state index is 13.0. The molecule has 0 aliphatic heterocycles. The summed E-state index contributed by atoms with van der Waals surface area (Å²) in [6, 6.07) is 5.87. The highest BCUT2D eigenvalue weighted by molar-refractivity contribution is 5.90. The molecule has 2 rings (SSSR count). The summed E-state index contributed by atoms with van der Waals surface area (Å²) in [5, 5.41) is 7.16. The minimum atomic E-state index is -0.407. The number of aromatic nitrogens is 3. The van der Waals surface area contributed by atoms with Crippen molar-refractivity contribution in [3.63, 3.8) is 0 Å². The molecular formula is C16H22FN5O. The van der Waals surface area contributed by atoms with E-state index in [1.165, 1.54) is 16.8 Å². The van der Waals surface area contributed by atoms with Crippen LogP contribution in [0.2, 0.25) is 0 Å². The number of carbonyl (C=O) groups excluding carboxylic acids is 1. The Bertz CT molecular complexity index is 691. The van der Waals surface area contributed by atoms with Crippen molar-refractivity contribution in [2.24, 2.45) is 0 Å². The van der Waals surface area contributed by atoms with Gasteiger partial charge in [0.1, 0.15) is 11.6 Å². The number of halogens is 1. The van der Waals surface area contributed by atoms with Crippen LogP contribution in [-0.4, -0.2) is 51.8 Å². The van der Waals surface area contributed by atoms with Crippen molar-refractivity contribution in [1.29, 1.82) is 0 Å². The largest absolute Gasteiger partial charge is 0.343 e. The average Bonchev–Trinajstić information content (AvgIpc) is 2.80. The monoisotopic (exact) mass is 319 g/mol. The Morgan fingerprint density at radius 1 is 1.30 bits per heavy atom. The predicted molar refractivity (Wildman–Crippen MR) is 86.2 cm³/mol. The number of nitrogens with one attached hydrogen (secondary N) is 1. The number of hydrogen-bond acceptors (Lipinski definition) is 4. The molecule has 1 amide bonds. The van der Waals surface area contributed by atoms with Crippen LogP contribution in [0.15, 0.2) is 24.3 Å². The van der Waals surface area contributed by atoms with Crippen molar-refractivity contribution < 1.29 is 9.18 Å². The van der Waals surface area contributed by atoms with E-state index in [1.807, 2.05) is 32.8 Å². The molecule has 0 spiro atoms. The van der Waals surface area contributed by atoms with Gasteiger partial charge in [0.15, 0.2) is 0 Å². The van der Waals surface area contributed by atoms with Crippen molar-refractivity contribution in [3.8, 4) is 5.69 Å². The van der Waals surface area contributed by atoms with Gasteiger partial charge in [-0.05, 0) is 59.1 Å². The van der Waals surface area contributed by atoms with E-state index in [1.54, 1.807) is 19.1 Å². The number of aryl methyl sites for hydroxylation is 1. The SMILES string of the molecule is Cc1nc(C(=O)NC(C)(C)CN(C)C)nn1-c1ccc(F)cc1. The van der Waals surface area contributed by atoms with Gasteiger partial charge < -0.3 is 10.2 Å². The van der Waals surface area contributed by atoms with Crippen molar-refractivity contribution >= 4 is 5.91 Å². The molecule has 1 aromatic carbocycles. The van der Waals surface area contributed by atoms with Crippen molar-refractivity contribution in [1.82, 2.24) is 25.0 Å². The summed E-state index contributed by atoms with van der Waals surface area (Å²) in [6.45, 7) is 6.32. The molecule has 6 nitrogen and oxygen atoms in total. The molecule has 0 aliphatic carbocycles. The number of benzene rings is 1. The van der Waals surface area contributed by atoms with Gasteiger partial charge in [-0.1, -0.05) is 0 Å². The lowest BCUT2D eigenvalue weighted by atomic mass is 10.1. The van der Waals surface area contributed by atoms with E-state index < -0.39 is 5.54 Å². The number of amides is 1. The summed E-state index contributed by atoms with van der Waals surface area (Å²) in [7, 11) is 3.89. The molecule has 0 radical (unpaired) electrons. The number of carbonyl (C=O) groups is 1. The molecule has 124 valence electrons. The van der Waals surface area contributed by atoms with Crippen LogP contribution in [-0.2, 0) is 0 Å². The van der Waals surface area contributed by atoms with Gasteiger partial charge in [-0.25, -0.2) is 14.1 Å². The standard InChI is InChI=1S/C16H22FN5O/c1-11-18-14(15(23)19-16(2,3)10-21(4)5)20-22(11)13-8-6-12(17)7-9-13/h6-9H,10H2,1-5H3,(H,19,23). The highest BCUT2D eigenvalue weighted by Crippen LogP contribution is 2.11.